The number of halogens is 1. The highest BCUT2D eigenvalue weighted by molar-refractivity contribution is 14.1. The lowest BCUT2D eigenvalue weighted by Crippen LogP contribution is -2.47. The highest BCUT2D eigenvalue weighted by Gasteiger charge is 2.40. The highest BCUT2D eigenvalue weighted by atomic mass is 127. The average Bonchev–Trinajstić information content (AvgIpc) is 2.37. The summed E-state index contributed by atoms with van der Waals surface area (Å²) in [5.74, 6) is 1.60. The molecule has 1 N–H and O–H groups in total. The second-order valence-corrected chi connectivity index (χ2v) is 6.97. The predicted octanol–water partition coefficient (Wildman–Crippen LogP) is 1.81. The van der Waals surface area contributed by atoms with Crippen molar-refractivity contribution in [3.8, 4) is 5.88 Å². The first-order valence-electron chi connectivity index (χ1n) is 6.91. The summed E-state index contributed by atoms with van der Waals surface area (Å²) in [7, 11) is 0. The van der Waals surface area contributed by atoms with Crippen molar-refractivity contribution in [1.82, 2.24) is 4.98 Å². The molecular formula is C14H19IN2O3. The van der Waals surface area contributed by atoms with E-state index in [1.165, 1.54) is 0 Å². The summed E-state index contributed by atoms with van der Waals surface area (Å²) in [6.07, 6.45) is 1.42. The maximum Gasteiger partial charge on any atom is 0.216 e. The van der Waals surface area contributed by atoms with Gasteiger partial charge in [-0.1, -0.05) is 0 Å². The fraction of sp³-hybridized carbons (Fsp3) is 0.643. The number of hydrogen-bond donors (Lipinski definition) is 1. The molecule has 1 aliphatic heterocycles. The van der Waals surface area contributed by atoms with Crippen LogP contribution in [0.15, 0.2) is 12.1 Å². The molecule has 0 unspecified atom stereocenters. The van der Waals surface area contributed by atoms with Crippen LogP contribution in [-0.2, 0) is 4.74 Å². The van der Waals surface area contributed by atoms with Crippen molar-refractivity contribution in [2.75, 3.05) is 31.2 Å². The van der Waals surface area contributed by atoms with E-state index in [0.717, 1.165) is 35.7 Å². The Labute approximate surface area is 132 Å². The first-order chi connectivity index (χ1) is 9.52. The van der Waals surface area contributed by atoms with Crippen LogP contribution < -0.4 is 9.64 Å². The van der Waals surface area contributed by atoms with E-state index < -0.39 is 5.60 Å². The largest absolute Gasteiger partial charge is 0.474 e. The molecule has 1 aromatic rings. The Morgan fingerprint density at radius 2 is 2.10 bits per heavy atom. The number of ether oxygens (including phenoxy) is 2. The molecule has 2 aliphatic rings. The third-order valence-corrected chi connectivity index (χ3v) is 4.33. The summed E-state index contributed by atoms with van der Waals surface area (Å²) in [5, 5.41) is 9.75. The van der Waals surface area contributed by atoms with Gasteiger partial charge in [0.2, 0.25) is 5.88 Å². The van der Waals surface area contributed by atoms with Crippen LogP contribution in [0.1, 0.15) is 19.8 Å². The zero-order chi connectivity index (χ0) is 14.2. The van der Waals surface area contributed by atoms with Gasteiger partial charge >= 0.3 is 0 Å². The van der Waals surface area contributed by atoms with Gasteiger partial charge in [-0.05, 0) is 35.6 Å². The smallest absolute Gasteiger partial charge is 0.216 e. The summed E-state index contributed by atoms with van der Waals surface area (Å²) in [4.78, 5) is 6.81. The predicted molar refractivity (Wildman–Crippen MR) is 84.3 cm³/mol. The van der Waals surface area contributed by atoms with Crippen molar-refractivity contribution in [2.45, 2.75) is 31.5 Å². The minimum Gasteiger partial charge on any atom is -0.474 e. The molecule has 0 atom stereocenters. The molecule has 20 heavy (non-hydrogen) atoms. The van der Waals surface area contributed by atoms with Crippen LogP contribution in [0.2, 0.25) is 0 Å². The standard InChI is InChI=1S/C14H19IN2O3/c1-14(18)8-11(9-14)20-13-7-10(15)6-12(16-13)17-2-4-19-5-3-17/h6-7,11,18H,2-5,8-9H2,1H3. The van der Waals surface area contributed by atoms with Crippen LogP contribution in [0, 0.1) is 3.57 Å². The minimum atomic E-state index is -0.570. The number of aromatic nitrogens is 1. The van der Waals surface area contributed by atoms with Crippen molar-refractivity contribution >= 4 is 28.4 Å². The Morgan fingerprint density at radius 3 is 2.75 bits per heavy atom. The second-order valence-electron chi connectivity index (χ2n) is 5.73. The Balaban J connectivity index is 1.70. The number of rotatable bonds is 3. The molecule has 1 saturated heterocycles. The molecule has 1 aromatic heterocycles. The Hall–Kier alpha value is -0.600. The highest BCUT2D eigenvalue weighted by Crippen LogP contribution is 2.35. The molecule has 0 amide bonds. The van der Waals surface area contributed by atoms with Gasteiger partial charge in [0.05, 0.1) is 18.8 Å². The number of morpholine rings is 1. The molecule has 1 aliphatic carbocycles. The quantitative estimate of drug-likeness (QED) is 0.799. The van der Waals surface area contributed by atoms with E-state index in [1.54, 1.807) is 0 Å². The van der Waals surface area contributed by atoms with E-state index in [-0.39, 0.29) is 6.10 Å². The van der Waals surface area contributed by atoms with Crippen LogP contribution >= 0.6 is 22.6 Å². The molecule has 5 nitrogen and oxygen atoms in total. The lowest BCUT2D eigenvalue weighted by molar-refractivity contribution is -0.0902. The lowest BCUT2D eigenvalue weighted by atomic mass is 9.79. The van der Waals surface area contributed by atoms with Gasteiger partial charge in [0.15, 0.2) is 0 Å². The number of nitrogens with zero attached hydrogens (tertiary/aromatic N) is 2. The Kier molecular flexibility index (Phi) is 4.05. The van der Waals surface area contributed by atoms with Crippen LogP contribution in [0.5, 0.6) is 5.88 Å². The Bertz CT molecular complexity index is 481. The first kappa shape index (κ1) is 14.3. The van der Waals surface area contributed by atoms with E-state index in [4.69, 9.17) is 9.47 Å². The van der Waals surface area contributed by atoms with E-state index >= 15 is 0 Å². The normalized spacial score (nSPS) is 29.9. The third-order valence-electron chi connectivity index (χ3n) is 3.71. The van der Waals surface area contributed by atoms with Crippen LogP contribution in [0.4, 0.5) is 5.82 Å². The van der Waals surface area contributed by atoms with Gasteiger partial charge in [-0.25, -0.2) is 0 Å². The van der Waals surface area contributed by atoms with Crippen molar-refractivity contribution in [1.29, 1.82) is 0 Å². The minimum absolute atomic E-state index is 0.0771. The number of aliphatic hydroxyl groups is 1. The van der Waals surface area contributed by atoms with E-state index in [0.29, 0.717) is 18.7 Å². The van der Waals surface area contributed by atoms with Gasteiger partial charge in [-0.2, -0.15) is 4.98 Å². The van der Waals surface area contributed by atoms with E-state index in [1.807, 2.05) is 13.0 Å². The number of anilines is 1. The molecule has 6 heteroatoms. The summed E-state index contributed by atoms with van der Waals surface area (Å²) in [6, 6.07) is 4.01. The molecule has 0 bridgehead atoms. The maximum absolute atomic E-state index is 9.75. The van der Waals surface area contributed by atoms with Crippen LogP contribution in [0.25, 0.3) is 0 Å². The first-order valence-corrected chi connectivity index (χ1v) is 7.99. The zero-order valence-corrected chi connectivity index (χ0v) is 13.7. The molecule has 2 heterocycles. The molecule has 1 saturated carbocycles. The molecule has 2 fully saturated rings. The number of pyridine rings is 1. The summed E-state index contributed by atoms with van der Waals surface area (Å²) < 4.78 is 12.3. The summed E-state index contributed by atoms with van der Waals surface area (Å²) in [6.45, 7) is 5.06. The average molecular weight is 390 g/mol. The molecule has 0 spiro atoms. The van der Waals surface area contributed by atoms with Gasteiger partial charge in [0.1, 0.15) is 11.9 Å². The van der Waals surface area contributed by atoms with Crippen molar-refractivity contribution < 1.29 is 14.6 Å². The van der Waals surface area contributed by atoms with Crippen molar-refractivity contribution in [3.05, 3.63) is 15.7 Å². The fourth-order valence-corrected chi connectivity index (χ4v) is 3.20. The Morgan fingerprint density at radius 1 is 1.40 bits per heavy atom. The summed E-state index contributed by atoms with van der Waals surface area (Å²) in [5.41, 5.74) is -0.570. The molecule has 3 rings (SSSR count). The van der Waals surface area contributed by atoms with Gasteiger partial charge < -0.3 is 19.5 Å². The van der Waals surface area contributed by atoms with Gasteiger partial charge in [0.25, 0.3) is 0 Å². The fourth-order valence-electron chi connectivity index (χ4n) is 2.65. The van der Waals surface area contributed by atoms with Crippen LogP contribution in [0.3, 0.4) is 0 Å². The maximum atomic E-state index is 9.75. The van der Waals surface area contributed by atoms with Gasteiger partial charge in [0, 0.05) is 35.6 Å². The van der Waals surface area contributed by atoms with E-state index in [2.05, 4.69) is 38.5 Å². The SMILES string of the molecule is CC1(O)CC(Oc2cc(I)cc(N3CCOCC3)n2)C1. The van der Waals surface area contributed by atoms with E-state index in [9.17, 15) is 5.11 Å². The number of hydrogen-bond acceptors (Lipinski definition) is 5. The molecule has 0 aromatic carbocycles. The molecular weight excluding hydrogens is 371 g/mol. The topological polar surface area (TPSA) is 54.8 Å². The molecule has 0 radical (unpaired) electrons. The van der Waals surface area contributed by atoms with Crippen molar-refractivity contribution in [3.63, 3.8) is 0 Å². The van der Waals surface area contributed by atoms with Gasteiger partial charge in [-0.15, -0.1) is 0 Å². The third kappa shape index (κ3) is 3.35. The summed E-state index contributed by atoms with van der Waals surface area (Å²) >= 11 is 2.28. The lowest BCUT2D eigenvalue weighted by Gasteiger charge is -2.40. The molecule has 110 valence electrons. The van der Waals surface area contributed by atoms with Gasteiger partial charge in [-0.3, -0.25) is 0 Å². The van der Waals surface area contributed by atoms with Crippen LogP contribution in [-0.4, -0.2) is 48.1 Å². The zero-order valence-electron chi connectivity index (χ0n) is 11.5. The van der Waals surface area contributed by atoms with Crippen molar-refractivity contribution in [2.24, 2.45) is 0 Å². The monoisotopic (exact) mass is 390 g/mol. The second kappa shape index (κ2) is 5.65.